The summed E-state index contributed by atoms with van der Waals surface area (Å²) < 4.78 is 5.22. The fraction of sp³-hybridized carbons (Fsp3) is 0.150. The molecule has 1 aromatic heterocycles. The van der Waals surface area contributed by atoms with Crippen molar-refractivity contribution in [1.82, 2.24) is 5.16 Å². The SMILES string of the molecule is CC(=O)Nc1ccc(NC(=O)c2ccccc2SCc2cc(C)no2)cc1. The van der Waals surface area contributed by atoms with Gasteiger partial charge in [-0.25, -0.2) is 0 Å². The maximum atomic E-state index is 12.7. The van der Waals surface area contributed by atoms with Gasteiger partial charge in [0.15, 0.2) is 0 Å². The molecule has 0 unspecified atom stereocenters. The zero-order valence-electron chi connectivity index (χ0n) is 15.0. The molecule has 0 saturated heterocycles. The van der Waals surface area contributed by atoms with E-state index in [0.717, 1.165) is 16.3 Å². The zero-order valence-corrected chi connectivity index (χ0v) is 15.8. The fourth-order valence-electron chi connectivity index (χ4n) is 2.45. The van der Waals surface area contributed by atoms with Crippen LogP contribution in [-0.2, 0) is 10.5 Å². The quantitative estimate of drug-likeness (QED) is 0.615. The molecule has 0 fully saturated rings. The number of carbonyl (C=O) groups excluding carboxylic acids is 2. The van der Waals surface area contributed by atoms with Crippen LogP contribution in [0.2, 0.25) is 0 Å². The highest BCUT2D eigenvalue weighted by atomic mass is 32.2. The van der Waals surface area contributed by atoms with Crippen molar-refractivity contribution in [2.24, 2.45) is 0 Å². The largest absolute Gasteiger partial charge is 0.360 e. The van der Waals surface area contributed by atoms with Crippen molar-refractivity contribution in [3.63, 3.8) is 0 Å². The van der Waals surface area contributed by atoms with E-state index < -0.39 is 0 Å². The van der Waals surface area contributed by atoms with E-state index in [9.17, 15) is 9.59 Å². The highest BCUT2D eigenvalue weighted by Gasteiger charge is 2.13. The molecule has 3 aromatic rings. The normalized spacial score (nSPS) is 10.4. The molecule has 0 saturated carbocycles. The molecular formula is C20H19N3O3S. The third kappa shape index (κ3) is 5.21. The third-order valence-electron chi connectivity index (χ3n) is 3.64. The monoisotopic (exact) mass is 381 g/mol. The standard InChI is InChI=1S/C20H19N3O3S/c1-13-11-17(26-23-13)12-27-19-6-4-3-5-18(19)20(25)22-16-9-7-15(8-10-16)21-14(2)24/h3-11H,12H2,1-2H3,(H,21,24)(H,22,25). The van der Waals surface area contributed by atoms with Gasteiger partial charge in [-0.1, -0.05) is 17.3 Å². The lowest BCUT2D eigenvalue weighted by molar-refractivity contribution is -0.114. The van der Waals surface area contributed by atoms with Crippen LogP contribution in [0.5, 0.6) is 0 Å². The van der Waals surface area contributed by atoms with Crippen LogP contribution < -0.4 is 10.6 Å². The topological polar surface area (TPSA) is 84.2 Å². The minimum atomic E-state index is -0.195. The zero-order chi connectivity index (χ0) is 19.2. The van der Waals surface area contributed by atoms with Crippen molar-refractivity contribution in [2.45, 2.75) is 24.5 Å². The van der Waals surface area contributed by atoms with Crippen LogP contribution in [-0.4, -0.2) is 17.0 Å². The Morgan fingerprint density at radius 1 is 1.04 bits per heavy atom. The number of hydrogen-bond acceptors (Lipinski definition) is 5. The molecule has 2 N–H and O–H groups in total. The van der Waals surface area contributed by atoms with Gasteiger partial charge in [0.1, 0.15) is 5.76 Å². The molecule has 0 aliphatic carbocycles. The maximum absolute atomic E-state index is 12.7. The molecule has 0 bridgehead atoms. The number of anilines is 2. The number of amides is 2. The Hall–Kier alpha value is -3.06. The second-order valence-electron chi connectivity index (χ2n) is 5.93. The number of aryl methyl sites for hydroxylation is 1. The summed E-state index contributed by atoms with van der Waals surface area (Å²) in [7, 11) is 0. The van der Waals surface area contributed by atoms with Gasteiger partial charge in [-0.15, -0.1) is 11.8 Å². The first-order chi connectivity index (χ1) is 13.0. The van der Waals surface area contributed by atoms with E-state index in [-0.39, 0.29) is 11.8 Å². The molecule has 6 nitrogen and oxygen atoms in total. The number of nitrogens with zero attached hydrogens (tertiary/aromatic N) is 1. The van der Waals surface area contributed by atoms with Crippen molar-refractivity contribution in [3.8, 4) is 0 Å². The van der Waals surface area contributed by atoms with E-state index in [1.807, 2.05) is 31.2 Å². The van der Waals surface area contributed by atoms with Crippen LogP contribution in [0.1, 0.15) is 28.7 Å². The van der Waals surface area contributed by atoms with Crippen molar-refractivity contribution < 1.29 is 14.1 Å². The number of aromatic nitrogens is 1. The van der Waals surface area contributed by atoms with Crippen LogP contribution in [0, 0.1) is 6.92 Å². The molecule has 0 aliphatic rings. The van der Waals surface area contributed by atoms with Gasteiger partial charge in [0.25, 0.3) is 5.91 Å². The Kier molecular flexibility index (Phi) is 5.93. The van der Waals surface area contributed by atoms with Crippen molar-refractivity contribution in [1.29, 1.82) is 0 Å². The van der Waals surface area contributed by atoms with E-state index in [0.29, 0.717) is 22.7 Å². The summed E-state index contributed by atoms with van der Waals surface area (Å²) in [6.07, 6.45) is 0. The molecule has 0 atom stereocenters. The molecule has 0 aliphatic heterocycles. The van der Waals surface area contributed by atoms with E-state index in [1.54, 1.807) is 30.3 Å². The van der Waals surface area contributed by atoms with Gasteiger partial charge in [-0.3, -0.25) is 9.59 Å². The van der Waals surface area contributed by atoms with Gasteiger partial charge in [-0.2, -0.15) is 0 Å². The van der Waals surface area contributed by atoms with Gasteiger partial charge in [0.2, 0.25) is 5.91 Å². The average Bonchev–Trinajstić information content (AvgIpc) is 3.07. The minimum absolute atomic E-state index is 0.139. The first kappa shape index (κ1) is 18.7. The smallest absolute Gasteiger partial charge is 0.256 e. The molecule has 7 heteroatoms. The van der Waals surface area contributed by atoms with Gasteiger partial charge < -0.3 is 15.2 Å². The summed E-state index contributed by atoms with van der Waals surface area (Å²) in [5.74, 6) is 1.02. The van der Waals surface area contributed by atoms with Crippen LogP contribution in [0.3, 0.4) is 0 Å². The molecule has 0 radical (unpaired) electrons. The average molecular weight is 381 g/mol. The van der Waals surface area contributed by atoms with Gasteiger partial charge >= 0.3 is 0 Å². The van der Waals surface area contributed by atoms with Crippen molar-refractivity contribution in [2.75, 3.05) is 10.6 Å². The lowest BCUT2D eigenvalue weighted by Gasteiger charge is -2.10. The van der Waals surface area contributed by atoms with Gasteiger partial charge in [0.05, 0.1) is 17.0 Å². The maximum Gasteiger partial charge on any atom is 0.256 e. The molecule has 1 heterocycles. The Morgan fingerprint density at radius 3 is 2.33 bits per heavy atom. The Balaban J connectivity index is 1.68. The van der Waals surface area contributed by atoms with E-state index in [2.05, 4.69) is 15.8 Å². The lowest BCUT2D eigenvalue weighted by Crippen LogP contribution is -2.13. The minimum Gasteiger partial charge on any atom is -0.360 e. The molecule has 0 spiro atoms. The van der Waals surface area contributed by atoms with Gasteiger partial charge in [-0.05, 0) is 43.3 Å². The third-order valence-corrected chi connectivity index (χ3v) is 4.74. The molecule has 138 valence electrons. The molecule has 3 rings (SSSR count). The number of hydrogen-bond donors (Lipinski definition) is 2. The summed E-state index contributed by atoms with van der Waals surface area (Å²) in [4.78, 5) is 24.6. The number of benzene rings is 2. The van der Waals surface area contributed by atoms with Crippen LogP contribution >= 0.6 is 11.8 Å². The summed E-state index contributed by atoms with van der Waals surface area (Å²) in [6.45, 7) is 3.32. The molecular weight excluding hydrogens is 362 g/mol. The highest BCUT2D eigenvalue weighted by Crippen LogP contribution is 2.27. The Labute approximate surface area is 161 Å². The number of rotatable bonds is 6. The van der Waals surface area contributed by atoms with Crippen LogP contribution in [0.4, 0.5) is 11.4 Å². The van der Waals surface area contributed by atoms with Crippen molar-refractivity contribution >= 4 is 35.0 Å². The Bertz CT molecular complexity index is 951. The van der Waals surface area contributed by atoms with E-state index in [4.69, 9.17) is 4.52 Å². The summed E-state index contributed by atoms with van der Waals surface area (Å²) in [5.41, 5.74) is 2.75. The molecule has 2 aromatic carbocycles. The predicted molar refractivity (Wildman–Crippen MR) is 106 cm³/mol. The fourth-order valence-corrected chi connectivity index (χ4v) is 3.38. The number of nitrogens with one attached hydrogen (secondary N) is 2. The van der Waals surface area contributed by atoms with Crippen LogP contribution in [0.25, 0.3) is 0 Å². The first-order valence-corrected chi connectivity index (χ1v) is 9.33. The predicted octanol–water partition coefficient (Wildman–Crippen LogP) is 4.49. The molecule has 27 heavy (non-hydrogen) atoms. The number of thioether (sulfide) groups is 1. The summed E-state index contributed by atoms with van der Waals surface area (Å²) in [6, 6.07) is 16.3. The highest BCUT2D eigenvalue weighted by molar-refractivity contribution is 7.98. The first-order valence-electron chi connectivity index (χ1n) is 8.34. The Morgan fingerprint density at radius 2 is 1.70 bits per heavy atom. The summed E-state index contributed by atoms with van der Waals surface area (Å²) >= 11 is 1.52. The van der Waals surface area contributed by atoms with Crippen LogP contribution in [0.15, 0.2) is 64.0 Å². The second-order valence-corrected chi connectivity index (χ2v) is 6.95. The van der Waals surface area contributed by atoms with Gasteiger partial charge in [0, 0.05) is 29.3 Å². The van der Waals surface area contributed by atoms with Crippen molar-refractivity contribution in [3.05, 3.63) is 71.6 Å². The number of carbonyl (C=O) groups is 2. The van der Waals surface area contributed by atoms with E-state index >= 15 is 0 Å². The van der Waals surface area contributed by atoms with E-state index in [1.165, 1.54) is 18.7 Å². The molecule has 2 amide bonds. The summed E-state index contributed by atoms with van der Waals surface area (Å²) in [5, 5.41) is 9.45. The lowest BCUT2D eigenvalue weighted by atomic mass is 10.2. The second kappa shape index (κ2) is 8.55.